The van der Waals surface area contributed by atoms with Crippen LogP contribution in [0.25, 0.3) is 0 Å². The normalized spacial score (nSPS) is 19.3. The Morgan fingerprint density at radius 2 is 1.88 bits per heavy atom. The number of amides is 3. The summed E-state index contributed by atoms with van der Waals surface area (Å²) in [5, 5.41) is 9.59. The number of rotatable bonds is 0. The van der Waals surface area contributed by atoms with Crippen molar-refractivity contribution in [2.24, 2.45) is 0 Å². The average molecular weight is 330 g/mol. The van der Waals surface area contributed by atoms with Crippen molar-refractivity contribution in [1.29, 1.82) is 0 Å². The summed E-state index contributed by atoms with van der Waals surface area (Å²) in [5.74, 6) is -0.0416. The summed E-state index contributed by atoms with van der Waals surface area (Å²) in [6, 6.07) is 5.82. The molecular formula is C18H26N4O2. The molecule has 1 aromatic carbocycles. The van der Waals surface area contributed by atoms with Crippen molar-refractivity contribution in [2.45, 2.75) is 51.7 Å². The van der Waals surface area contributed by atoms with Gasteiger partial charge in [-0.3, -0.25) is 4.79 Å². The van der Waals surface area contributed by atoms with Gasteiger partial charge in [0, 0.05) is 37.2 Å². The van der Waals surface area contributed by atoms with E-state index in [1.807, 2.05) is 50.8 Å². The number of nitrogens with zero attached hydrogens (tertiary/aromatic N) is 1. The first-order valence-corrected chi connectivity index (χ1v) is 8.46. The van der Waals surface area contributed by atoms with E-state index in [0.717, 1.165) is 11.3 Å². The quantitative estimate of drug-likeness (QED) is 0.684. The summed E-state index contributed by atoms with van der Waals surface area (Å²) in [7, 11) is 0. The molecule has 2 aliphatic rings. The number of carbonyl (C=O) groups is 2. The molecule has 1 spiro atoms. The summed E-state index contributed by atoms with van der Waals surface area (Å²) in [6.07, 6.45) is 1.37. The number of benzene rings is 1. The maximum atomic E-state index is 12.5. The first-order valence-electron chi connectivity index (χ1n) is 8.46. The van der Waals surface area contributed by atoms with Crippen LogP contribution in [-0.4, -0.2) is 41.1 Å². The molecule has 6 heteroatoms. The van der Waals surface area contributed by atoms with E-state index in [1.165, 1.54) is 0 Å². The highest BCUT2D eigenvalue weighted by molar-refractivity contribution is 6.02. The topological polar surface area (TPSA) is 73.5 Å². The van der Waals surface area contributed by atoms with Crippen molar-refractivity contribution < 1.29 is 9.59 Å². The van der Waals surface area contributed by atoms with Gasteiger partial charge in [-0.15, -0.1) is 0 Å². The minimum Gasteiger partial charge on any atom is -0.362 e. The lowest BCUT2D eigenvalue weighted by Crippen LogP contribution is -2.63. The number of hydrogen-bond donors (Lipinski definition) is 3. The summed E-state index contributed by atoms with van der Waals surface area (Å²) in [6.45, 7) is 9.10. The van der Waals surface area contributed by atoms with E-state index < -0.39 is 5.66 Å². The van der Waals surface area contributed by atoms with Crippen LogP contribution in [0.15, 0.2) is 18.2 Å². The number of carbonyl (C=O) groups excluding carboxylic acids is 2. The molecule has 0 radical (unpaired) electrons. The predicted molar refractivity (Wildman–Crippen MR) is 94.1 cm³/mol. The molecule has 3 N–H and O–H groups in total. The van der Waals surface area contributed by atoms with Crippen molar-refractivity contribution >= 4 is 17.6 Å². The molecule has 1 fully saturated rings. The molecule has 6 nitrogen and oxygen atoms in total. The van der Waals surface area contributed by atoms with E-state index in [2.05, 4.69) is 16.0 Å². The molecule has 3 rings (SSSR count). The Morgan fingerprint density at radius 1 is 1.21 bits per heavy atom. The van der Waals surface area contributed by atoms with Crippen LogP contribution in [-0.2, 0) is 0 Å². The van der Waals surface area contributed by atoms with Gasteiger partial charge in [0.2, 0.25) is 0 Å². The maximum Gasteiger partial charge on any atom is 0.317 e. The van der Waals surface area contributed by atoms with Crippen LogP contribution in [0, 0.1) is 6.92 Å². The third kappa shape index (κ3) is 3.32. The Labute approximate surface area is 143 Å². The van der Waals surface area contributed by atoms with Crippen molar-refractivity contribution in [2.75, 3.05) is 18.4 Å². The van der Waals surface area contributed by atoms with Gasteiger partial charge in [0.05, 0.1) is 5.56 Å². The fourth-order valence-corrected chi connectivity index (χ4v) is 3.27. The highest BCUT2D eigenvalue weighted by Crippen LogP contribution is 2.31. The average Bonchev–Trinajstić information content (AvgIpc) is 2.47. The zero-order valence-corrected chi connectivity index (χ0v) is 14.8. The summed E-state index contributed by atoms with van der Waals surface area (Å²) in [5.41, 5.74) is 1.92. The molecule has 0 aromatic heterocycles. The van der Waals surface area contributed by atoms with E-state index in [1.54, 1.807) is 0 Å². The summed E-state index contributed by atoms with van der Waals surface area (Å²) < 4.78 is 0. The summed E-state index contributed by atoms with van der Waals surface area (Å²) >= 11 is 0. The second-order valence-corrected chi connectivity index (χ2v) is 7.88. The van der Waals surface area contributed by atoms with Crippen LogP contribution >= 0.6 is 0 Å². The fourth-order valence-electron chi connectivity index (χ4n) is 3.27. The van der Waals surface area contributed by atoms with Crippen LogP contribution in [0.3, 0.4) is 0 Å². The molecule has 24 heavy (non-hydrogen) atoms. The minimum absolute atomic E-state index is 0.0416. The number of piperidine rings is 1. The molecule has 2 aliphatic heterocycles. The molecule has 0 unspecified atom stereocenters. The van der Waals surface area contributed by atoms with E-state index in [9.17, 15) is 9.59 Å². The number of likely N-dealkylation sites (tertiary alicyclic amines) is 1. The molecule has 1 saturated heterocycles. The molecule has 0 bridgehead atoms. The number of hydrogen-bond acceptors (Lipinski definition) is 3. The van der Waals surface area contributed by atoms with Gasteiger partial charge in [-0.25, -0.2) is 4.79 Å². The third-order valence-corrected chi connectivity index (χ3v) is 4.53. The van der Waals surface area contributed by atoms with Crippen molar-refractivity contribution in [3.05, 3.63) is 29.3 Å². The van der Waals surface area contributed by atoms with Crippen LogP contribution in [0.5, 0.6) is 0 Å². The van der Waals surface area contributed by atoms with Crippen LogP contribution in [0.2, 0.25) is 0 Å². The first kappa shape index (κ1) is 16.6. The molecule has 130 valence electrons. The number of nitrogens with one attached hydrogen (secondary N) is 3. The SMILES string of the molecule is Cc1ccc2c(c1)C(=O)NC1(CCN(C(=O)NC(C)(C)C)CC1)N2. The minimum atomic E-state index is -0.460. The van der Waals surface area contributed by atoms with Gasteiger partial charge < -0.3 is 20.9 Å². The molecule has 2 heterocycles. The van der Waals surface area contributed by atoms with Crippen LogP contribution in [0.4, 0.5) is 10.5 Å². The van der Waals surface area contributed by atoms with Gasteiger partial charge in [0.1, 0.15) is 5.66 Å². The Kier molecular flexibility index (Phi) is 3.94. The number of urea groups is 1. The monoisotopic (exact) mass is 330 g/mol. The van der Waals surface area contributed by atoms with E-state index in [0.29, 0.717) is 31.5 Å². The first-order chi connectivity index (χ1) is 11.2. The van der Waals surface area contributed by atoms with Crippen LogP contribution < -0.4 is 16.0 Å². The van der Waals surface area contributed by atoms with Crippen molar-refractivity contribution in [3.63, 3.8) is 0 Å². The second-order valence-electron chi connectivity index (χ2n) is 7.88. The van der Waals surface area contributed by atoms with E-state index in [4.69, 9.17) is 0 Å². The maximum absolute atomic E-state index is 12.5. The van der Waals surface area contributed by atoms with E-state index >= 15 is 0 Å². The van der Waals surface area contributed by atoms with Gasteiger partial charge >= 0.3 is 6.03 Å². The lowest BCUT2D eigenvalue weighted by molar-refractivity contribution is 0.0846. The number of aryl methyl sites for hydroxylation is 1. The van der Waals surface area contributed by atoms with Crippen molar-refractivity contribution in [3.8, 4) is 0 Å². The summed E-state index contributed by atoms with van der Waals surface area (Å²) in [4.78, 5) is 26.6. The fraction of sp³-hybridized carbons (Fsp3) is 0.556. The Hall–Kier alpha value is -2.24. The molecular weight excluding hydrogens is 304 g/mol. The van der Waals surface area contributed by atoms with Gasteiger partial charge in [0.25, 0.3) is 5.91 Å². The van der Waals surface area contributed by atoms with Gasteiger partial charge in [-0.1, -0.05) is 11.6 Å². The Bertz CT molecular complexity index is 670. The zero-order valence-electron chi connectivity index (χ0n) is 14.8. The highest BCUT2D eigenvalue weighted by atomic mass is 16.2. The molecule has 3 amide bonds. The van der Waals surface area contributed by atoms with Crippen LogP contribution in [0.1, 0.15) is 49.5 Å². The lowest BCUT2D eigenvalue weighted by atomic mass is 9.92. The Morgan fingerprint density at radius 3 is 2.50 bits per heavy atom. The van der Waals surface area contributed by atoms with Crippen molar-refractivity contribution in [1.82, 2.24) is 15.5 Å². The smallest absolute Gasteiger partial charge is 0.317 e. The number of anilines is 1. The zero-order chi connectivity index (χ0) is 17.5. The van der Waals surface area contributed by atoms with Gasteiger partial charge in [-0.05, 0) is 39.8 Å². The third-order valence-electron chi connectivity index (χ3n) is 4.53. The molecule has 0 saturated carbocycles. The molecule has 0 aliphatic carbocycles. The standard InChI is InChI=1S/C18H26N4O2/c1-12-5-6-14-13(11-12)15(23)20-18(19-14)7-9-22(10-8-18)16(24)21-17(2,3)4/h5-6,11,19H,7-10H2,1-4H3,(H,20,23)(H,21,24). The van der Waals surface area contributed by atoms with Gasteiger partial charge in [0.15, 0.2) is 0 Å². The molecule has 0 atom stereocenters. The largest absolute Gasteiger partial charge is 0.362 e. The lowest BCUT2D eigenvalue weighted by Gasteiger charge is -2.46. The Balaban J connectivity index is 1.69. The molecule has 1 aromatic rings. The van der Waals surface area contributed by atoms with E-state index in [-0.39, 0.29) is 17.5 Å². The predicted octanol–water partition coefficient (Wildman–Crippen LogP) is 2.45. The van der Waals surface area contributed by atoms with Gasteiger partial charge in [-0.2, -0.15) is 0 Å². The number of fused-ring (bicyclic) bond motifs is 1. The highest BCUT2D eigenvalue weighted by Gasteiger charge is 2.41. The second kappa shape index (κ2) is 5.69.